The summed E-state index contributed by atoms with van der Waals surface area (Å²) in [4.78, 5) is 8.84. The van der Waals surface area contributed by atoms with Crippen LogP contribution in [-0.4, -0.2) is 17.0 Å². The standard InChI is InChI=1S/C15H15N3S/c1-10-18-14(9-19-10)15(16-2)12-5-3-4-11-6-7-17-8-13(11)12/h3-9,15-16H,1-2H3. The summed E-state index contributed by atoms with van der Waals surface area (Å²) in [6.07, 6.45) is 3.75. The highest BCUT2D eigenvalue weighted by molar-refractivity contribution is 7.09. The van der Waals surface area contributed by atoms with Gasteiger partial charge in [-0.3, -0.25) is 4.98 Å². The van der Waals surface area contributed by atoms with E-state index in [9.17, 15) is 0 Å². The molecule has 1 aromatic carbocycles. The fourth-order valence-corrected chi connectivity index (χ4v) is 3.00. The van der Waals surface area contributed by atoms with Crippen LogP contribution in [0.1, 0.15) is 22.3 Å². The van der Waals surface area contributed by atoms with Gasteiger partial charge in [-0.1, -0.05) is 18.2 Å². The maximum atomic E-state index is 4.60. The average molecular weight is 269 g/mol. The van der Waals surface area contributed by atoms with E-state index in [1.165, 1.54) is 16.3 Å². The molecule has 0 amide bonds. The lowest BCUT2D eigenvalue weighted by molar-refractivity contribution is 0.678. The largest absolute Gasteiger partial charge is 0.308 e. The van der Waals surface area contributed by atoms with Gasteiger partial charge in [-0.15, -0.1) is 11.3 Å². The van der Waals surface area contributed by atoms with Gasteiger partial charge in [0.25, 0.3) is 0 Å². The van der Waals surface area contributed by atoms with Crippen LogP contribution in [0.4, 0.5) is 0 Å². The van der Waals surface area contributed by atoms with E-state index < -0.39 is 0 Å². The number of hydrogen-bond donors (Lipinski definition) is 1. The SMILES string of the molecule is CNC(c1csc(C)n1)c1cccc2ccncc12. The highest BCUT2D eigenvalue weighted by atomic mass is 32.1. The van der Waals surface area contributed by atoms with Crippen LogP contribution in [0.5, 0.6) is 0 Å². The molecule has 0 saturated heterocycles. The van der Waals surface area contributed by atoms with E-state index in [-0.39, 0.29) is 6.04 Å². The van der Waals surface area contributed by atoms with Crippen LogP contribution in [0.25, 0.3) is 10.8 Å². The van der Waals surface area contributed by atoms with Gasteiger partial charge in [0.15, 0.2) is 0 Å². The van der Waals surface area contributed by atoms with E-state index in [4.69, 9.17) is 0 Å². The summed E-state index contributed by atoms with van der Waals surface area (Å²) in [7, 11) is 1.97. The Hall–Kier alpha value is -1.78. The molecule has 1 unspecified atom stereocenters. The van der Waals surface area contributed by atoms with Crippen LogP contribution in [0.2, 0.25) is 0 Å². The Morgan fingerprint density at radius 2 is 2.16 bits per heavy atom. The number of nitrogens with zero attached hydrogens (tertiary/aromatic N) is 2. The molecule has 19 heavy (non-hydrogen) atoms. The van der Waals surface area contributed by atoms with Gasteiger partial charge < -0.3 is 5.32 Å². The lowest BCUT2D eigenvalue weighted by atomic mass is 9.99. The van der Waals surface area contributed by atoms with Crippen molar-refractivity contribution in [2.45, 2.75) is 13.0 Å². The normalized spacial score (nSPS) is 12.7. The van der Waals surface area contributed by atoms with Crippen LogP contribution < -0.4 is 5.32 Å². The van der Waals surface area contributed by atoms with Crippen LogP contribution in [-0.2, 0) is 0 Å². The van der Waals surface area contributed by atoms with E-state index in [1.54, 1.807) is 11.3 Å². The molecule has 0 spiro atoms. The zero-order valence-corrected chi connectivity index (χ0v) is 11.7. The molecule has 0 aliphatic heterocycles. The van der Waals surface area contributed by atoms with Crippen LogP contribution >= 0.6 is 11.3 Å². The Bertz CT molecular complexity index is 700. The minimum Gasteiger partial charge on any atom is -0.308 e. The minimum atomic E-state index is 0.109. The zero-order chi connectivity index (χ0) is 13.2. The number of aryl methyl sites for hydroxylation is 1. The molecule has 2 aromatic heterocycles. The molecule has 3 nitrogen and oxygen atoms in total. The predicted molar refractivity (Wildman–Crippen MR) is 79.5 cm³/mol. The van der Waals surface area contributed by atoms with Crippen molar-refractivity contribution in [1.29, 1.82) is 0 Å². The minimum absolute atomic E-state index is 0.109. The Morgan fingerprint density at radius 3 is 2.89 bits per heavy atom. The molecular weight excluding hydrogens is 254 g/mol. The number of nitrogens with one attached hydrogen (secondary N) is 1. The first-order chi connectivity index (χ1) is 9.29. The fourth-order valence-electron chi connectivity index (χ4n) is 2.36. The molecule has 0 fully saturated rings. The van der Waals surface area contributed by atoms with Crippen molar-refractivity contribution in [3.63, 3.8) is 0 Å². The summed E-state index contributed by atoms with van der Waals surface area (Å²) in [6, 6.07) is 8.48. The summed E-state index contributed by atoms with van der Waals surface area (Å²) >= 11 is 1.68. The van der Waals surface area contributed by atoms with Crippen molar-refractivity contribution >= 4 is 22.1 Å². The maximum absolute atomic E-state index is 4.60. The highest BCUT2D eigenvalue weighted by Gasteiger charge is 2.17. The van der Waals surface area contributed by atoms with E-state index in [0.717, 1.165) is 10.7 Å². The molecule has 0 bridgehead atoms. The first kappa shape index (κ1) is 12.3. The molecule has 2 heterocycles. The molecule has 1 atom stereocenters. The Labute approximate surface area is 116 Å². The van der Waals surface area contributed by atoms with Crippen molar-refractivity contribution in [3.05, 3.63) is 58.3 Å². The molecule has 96 valence electrons. The molecule has 0 saturated carbocycles. The Morgan fingerprint density at radius 1 is 1.26 bits per heavy atom. The molecule has 0 aliphatic rings. The van der Waals surface area contributed by atoms with Crippen molar-refractivity contribution in [3.8, 4) is 0 Å². The molecule has 4 heteroatoms. The maximum Gasteiger partial charge on any atom is 0.0898 e. The van der Waals surface area contributed by atoms with E-state index >= 15 is 0 Å². The summed E-state index contributed by atoms with van der Waals surface area (Å²) in [5.41, 5.74) is 2.29. The number of fused-ring (bicyclic) bond motifs is 1. The van der Waals surface area contributed by atoms with Crippen LogP contribution in [0.3, 0.4) is 0 Å². The average Bonchev–Trinajstić information content (AvgIpc) is 2.86. The fraction of sp³-hybridized carbons (Fsp3) is 0.200. The summed E-state index contributed by atoms with van der Waals surface area (Å²) in [5, 5.41) is 8.95. The number of pyridine rings is 1. The van der Waals surface area contributed by atoms with Gasteiger partial charge >= 0.3 is 0 Å². The van der Waals surface area contributed by atoms with E-state index in [0.29, 0.717) is 0 Å². The third-order valence-electron chi connectivity index (χ3n) is 3.25. The number of rotatable bonds is 3. The predicted octanol–water partition coefficient (Wildman–Crippen LogP) is 3.31. The van der Waals surface area contributed by atoms with Crippen LogP contribution in [0, 0.1) is 6.92 Å². The van der Waals surface area contributed by atoms with E-state index in [2.05, 4.69) is 38.9 Å². The summed E-state index contributed by atoms with van der Waals surface area (Å²) in [5.74, 6) is 0. The van der Waals surface area contributed by atoms with Gasteiger partial charge in [0.05, 0.1) is 16.7 Å². The van der Waals surface area contributed by atoms with Gasteiger partial charge in [0.2, 0.25) is 0 Å². The zero-order valence-electron chi connectivity index (χ0n) is 10.9. The molecule has 3 aromatic rings. The third kappa shape index (κ3) is 2.25. The number of thiazole rings is 1. The van der Waals surface area contributed by atoms with Crippen molar-refractivity contribution in [2.24, 2.45) is 0 Å². The van der Waals surface area contributed by atoms with Crippen molar-refractivity contribution in [1.82, 2.24) is 15.3 Å². The summed E-state index contributed by atoms with van der Waals surface area (Å²) in [6.45, 7) is 2.03. The van der Waals surface area contributed by atoms with E-state index in [1.807, 2.05) is 32.4 Å². The Kier molecular flexibility index (Phi) is 3.27. The number of aromatic nitrogens is 2. The third-order valence-corrected chi connectivity index (χ3v) is 4.04. The molecular formula is C15H15N3S. The van der Waals surface area contributed by atoms with Gasteiger partial charge in [-0.2, -0.15) is 0 Å². The molecule has 3 rings (SSSR count). The smallest absolute Gasteiger partial charge is 0.0898 e. The first-order valence-electron chi connectivity index (χ1n) is 6.21. The van der Waals surface area contributed by atoms with Crippen molar-refractivity contribution in [2.75, 3.05) is 7.05 Å². The van der Waals surface area contributed by atoms with Gasteiger partial charge in [-0.25, -0.2) is 4.98 Å². The highest BCUT2D eigenvalue weighted by Crippen LogP contribution is 2.28. The topological polar surface area (TPSA) is 37.8 Å². The van der Waals surface area contributed by atoms with Gasteiger partial charge in [0, 0.05) is 23.2 Å². The van der Waals surface area contributed by atoms with Crippen molar-refractivity contribution < 1.29 is 0 Å². The lowest BCUT2D eigenvalue weighted by Gasteiger charge is -2.16. The lowest BCUT2D eigenvalue weighted by Crippen LogP contribution is -2.18. The second kappa shape index (κ2) is 5.07. The first-order valence-corrected chi connectivity index (χ1v) is 7.09. The monoisotopic (exact) mass is 269 g/mol. The van der Waals surface area contributed by atoms with Gasteiger partial charge in [-0.05, 0) is 31.0 Å². The summed E-state index contributed by atoms with van der Waals surface area (Å²) < 4.78 is 0. The number of hydrogen-bond acceptors (Lipinski definition) is 4. The second-order valence-corrected chi connectivity index (χ2v) is 5.52. The second-order valence-electron chi connectivity index (χ2n) is 4.46. The Balaban J connectivity index is 2.16. The molecule has 1 N–H and O–H groups in total. The number of benzene rings is 1. The quantitative estimate of drug-likeness (QED) is 0.792. The molecule has 0 aliphatic carbocycles. The van der Waals surface area contributed by atoms with Crippen LogP contribution in [0.15, 0.2) is 42.0 Å². The van der Waals surface area contributed by atoms with Gasteiger partial charge in [0.1, 0.15) is 0 Å². The molecule has 0 radical (unpaired) electrons.